The van der Waals surface area contributed by atoms with Crippen LogP contribution in [0.25, 0.3) is 0 Å². The SMILES string of the molecule is COc1c(C)cc2c(c1O)[C@@H]1C3[C@@H]4SCC(NC(=O)OCc5ccccc5)C(=O)OC[C@H](C5=C6OCOC6=C(C)C(OC(C)=O)C54)N3C(C#N)[C@H](C2)N1C. The molecule has 4 bridgehead atoms. The van der Waals surface area contributed by atoms with Crippen molar-refractivity contribution in [3.8, 4) is 17.6 Å². The summed E-state index contributed by atoms with van der Waals surface area (Å²) in [6.45, 7) is 4.87. The van der Waals surface area contributed by atoms with Crippen LogP contribution in [0.15, 0.2) is 59.1 Å². The Labute approximate surface area is 316 Å². The third-order valence-corrected chi connectivity index (χ3v) is 13.1. The van der Waals surface area contributed by atoms with E-state index in [1.54, 1.807) is 0 Å². The molecule has 6 heterocycles. The number of nitriles is 1. The van der Waals surface area contributed by atoms with E-state index in [4.69, 9.17) is 28.4 Å². The molecule has 54 heavy (non-hydrogen) atoms. The fourth-order valence-corrected chi connectivity index (χ4v) is 11.1. The van der Waals surface area contributed by atoms with Gasteiger partial charge in [-0.2, -0.15) is 17.0 Å². The molecule has 5 fully saturated rings. The van der Waals surface area contributed by atoms with Gasteiger partial charge in [0.1, 0.15) is 31.4 Å². The van der Waals surface area contributed by atoms with Crippen LogP contribution >= 0.6 is 11.8 Å². The van der Waals surface area contributed by atoms with E-state index in [0.717, 1.165) is 22.3 Å². The highest BCUT2D eigenvalue weighted by Crippen LogP contribution is 2.59. The highest BCUT2D eigenvalue weighted by atomic mass is 32.2. The molecule has 6 aliphatic heterocycles. The van der Waals surface area contributed by atoms with Gasteiger partial charge in [-0.15, -0.1) is 0 Å². The van der Waals surface area contributed by atoms with Crippen LogP contribution in [0.2, 0.25) is 0 Å². The van der Waals surface area contributed by atoms with Gasteiger partial charge >= 0.3 is 18.0 Å². The number of nitrogens with zero attached hydrogens (tertiary/aromatic N) is 3. The number of alkyl carbamates (subject to hydrolysis) is 1. The zero-order chi connectivity index (χ0) is 38.0. The molecule has 2 N–H and O–H groups in total. The van der Waals surface area contributed by atoms with E-state index in [2.05, 4.69) is 21.2 Å². The number of piperidine rings is 1. The number of rotatable bonds is 5. The molecular weight excluding hydrogens is 717 g/mol. The standard InChI is InChI=1S/C39H42N4O10S/c1-18-11-22-12-24-25(13-40)43-26-15-49-38(46)23(41-39(47)50-14-21-9-7-6-8-10-21)16-54-37(31(43)30(42(24)4)27(22)32(45)33(18)48-5)29-28(26)36-35(51-17-52-36)19(2)34(29)53-20(3)44/h6-11,23-26,29-31,34,37,45H,12,14-17H2,1-5H3,(H,41,47)/t23?,24-,25?,26+,29?,30+,31?,34?,37+/m0/s1. The summed E-state index contributed by atoms with van der Waals surface area (Å²) in [5.41, 5.74) is 4.60. The fourth-order valence-electron chi connectivity index (χ4n) is 9.46. The van der Waals surface area contributed by atoms with Gasteiger partial charge in [-0.1, -0.05) is 36.4 Å². The van der Waals surface area contributed by atoms with E-state index in [-0.39, 0.29) is 37.6 Å². The Hall–Kier alpha value is -4.91. The third-order valence-electron chi connectivity index (χ3n) is 11.6. The van der Waals surface area contributed by atoms with Crippen molar-refractivity contribution in [3.05, 3.63) is 81.3 Å². The van der Waals surface area contributed by atoms with Gasteiger partial charge in [-0.3, -0.25) is 14.6 Å². The van der Waals surface area contributed by atoms with E-state index >= 15 is 0 Å². The number of esters is 2. The zero-order valence-corrected chi connectivity index (χ0v) is 31.4. The number of fused-ring (bicyclic) bond motifs is 10. The second kappa shape index (κ2) is 14.1. The van der Waals surface area contributed by atoms with E-state index < -0.39 is 65.5 Å². The number of thioether (sulfide) groups is 1. The van der Waals surface area contributed by atoms with E-state index in [1.807, 2.05) is 57.3 Å². The quantitative estimate of drug-likeness (QED) is 0.335. The minimum Gasteiger partial charge on any atom is -0.504 e. The molecule has 1 aliphatic carbocycles. The summed E-state index contributed by atoms with van der Waals surface area (Å²) in [6.07, 6.45) is -1.08. The molecule has 0 saturated carbocycles. The number of methoxy groups -OCH3 is 1. The number of hydrogen-bond donors (Lipinski definition) is 2. The number of carbonyl (C=O) groups excluding carboxylic acids is 3. The van der Waals surface area contributed by atoms with Crippen LogP contribution in [0.1, 0.15) is 42.1 Å². The van der Waals surface area contributed by atoms with Crippen LogP contribution < -0.4 is 10.1 Å². The number of benzene rings is 2. The number of amides is 1. The number of piperazine rings is 1. The van der Waals surface area contributed by atoms with Crippen molar-refractivity contribution in [1.29, 1.82) is 5.26 Å². The summed E-state index contributed by atoms with van der Waals surface area (Å²) < 4.78 is 35.6. The first kappa shape index (κ1) is 36.1. The van der Waals surface area contributed by atoms with Gasteiger partial charge in [0.15, 0.2) is 23.0 Å². The molecule has 2 aromatic rings. The van der Waals surface area contributed by atoms with Crippen LogP contribution in [0.4, 0.5) is 4.79 Å². The first-order valence-corrected chi connectivity index (χ1v) is 19.0. The van der Waals surface area contributed by atoms with Crippen LogP contribution in [0.5, 0.6) is 11.5 Å². The molecule has 0 aromatic heterocycles. The number of hydrogen-bond acceptors (Lipinski definition) is 14. The summed E-state index contributed by atoms with van der Waals surface area (Å²) in [6, 6.07) is 10.1. The highest BCUT2D eigenvalue weighted by Gasteiger charge is 2.64. The number of phenolic OH excluding ortho intramolecular Hbond substituents is 1. The van der Waals surface area contributed by atoms with Crippen molar-refractivity contribution < 1.29 is 47.9 Å². The number of carbonyl (C=O) groups is 3. The Bertz CT molecular complexity index is 2000. The molecular formula is C39H42N4O10S. The van der Waals surface area contributed by atoms with E-state index in [9.17, 15) is 24.8 Å². The first-order chi connectivity index (χ1) is 26.0. The minimum absolute atomic E-state index is 0.0129. The predicted octanol–water partition coefficient (Wildman–Crippen LogP) is 3.61. The van der Waals surface area contributed by atoms with Gasteiger partial charge < -0.3 is 38.8 Å². The van der Waals surface area contributed by atoms with Crippen molar-refractivity contribution >= 4 is 29.8 Å². The summed E-state index contributed by atoms with van der Waals surface area (Å²) in [4.78, 5) is 44.1. The zero-order valence-electron chi connectivity index (χ0n) is 30.6. The van der Waals surface area contributed by atoms with Gasteiger partial charge in [0.05, 0.1) is 25.3 Å². The molecule has 284 valence electrons. The van der Waals surface area contributed by atoms with Gasteiger partial charge in [0, 0.05) is 52.6 Å². The molecule has 0 spiro atoms. The summed E-state index contributed by atoms with van der Waals surface area (Å²) in [5.74, 6) is -0.241. The van der Waals surface area contributed by atoms with Crippen molar-refractivity contribution in [1.82, 2.24) is 15.1 Å². The van der Waals surface area contributed by atoms with E-state index in [0.29, 0.717) is 34.8 Å². The summed E-state index contributed by atoms with van der Waals surface area (Å²) in [5, 5.41) is 25.2. The van der Waals surface area contributed by atoms with E-state index in [1.165, 1.54) is 25.8 Å². The fraction of sp³-hybridized carbons (Fsp3) is 0.487. The van der Waals surface area contributed by atoms with Gasteiger partial charge in [0.2, 0.25) is 6.79 Å². The van der Waals surface area contributed by atoms with Crippen molar-refractivity contribution in [3.63, 3.8) is 0 Å². The average Bonchev–Trinajstić information content (AvgIpc) is 3.64. The molecule has 1 amide bonds. The number of aromatic hydroxyl groups is 1. The lowest BCUT2D eigenvalue weighted by Crippen LogP contribution is -2.75. The molecule has 9 atom stereocenters. The van der Waals surface area contributed by atoms with Gasteiger partial charge in [0.25, 0.3) is 0 Å². The number of nitrogens with one attached hydrogen (secondary N) is 1. The smallest absolute Gasteiger partial charge is 0.408 e. The summed E-state index contributed by atoms with van der Waals surface area (Å²) >= 11 is 1.41. The minimum atomic E-state index is -1.09. The molecule has 15 heteroatoms. The monoisotopic (exact) mass is 758 g/mol. The Morgan fingerprint density at radius 2 is 1.91 bits per heavy atom. The largest absolute Gasteiger partial charge is 0.504 e. The second-order valence-electron chi connectivity index (χ2n) is 14.5. The lowest BCUT2D eigenvalue weighted by Gasteiger charge is -2.64. The summed E-state index contributed by atoms with van der Waals surface area (Å²) in [7, 11) is 3.49. The van der Waals surface area contributed by atoms with Gasteiger partial charge in [-0.05, 0) is 44.0 Å². The number of ether oxygens (including phenoxy) is 6. The molecule has 9 rings (SSSR count). The lowest BCUT2D eigenvalue weighted by atomic mass is 9.66. The Morgan fingerprint density at radius 1 is 1.15 bits per heavy atom. The third kappa shape index (κ3) is 5.73. The molecule has 5 saturated heterocycles. The second-order valence-corrected chi connectivity index (χ2v) is 15.7. The lowest BCUT2D eigenvalue weighted by molar-refractivity contribution is -0.154. The number of aryl methyl sites for hydroxylation is 1. The van der Waals surface area contributed by atoms with Crippen molar-refractivity contribution in [2.75, 3.05) is 33.3 Å². The molecule has 5 unspecified atom stereocenters. The van der Waals surface area contributed by atoms with Crippen molar-refractivity contribution in [2.24, 2.45) is 5.92 Å². The van der Waals surface area contributed by atoms with Gasteiger partial charge in [-0.25, -0.2) is 9.59 Å². The first-order valence-electron chi connectivity index (χ1n) is 18.0. The van der Waals surface area contributed by atoms with Crippen molar-refractivity contribution in [2.45, 2.75) is 81.4 Å². The normalized spacial score (nSPS) is 31.3. The molecule has 2 aromatic carbocycles. The molecule has 0 radical (unpaired) electrons. The molecule has 14 nitrogen and oxygen atoms in total. The molecule has 7 aliphatic rings. The van der Waals surface area contributed by atoms with Crippen LogP contribution in [-0.4, -0.2) is 108 Å². The maximum atomic E-state index is 13.8. The van der Waals surface area contributed by atoms with Crippen LogP contribution in [0.3, 0.4) is 0 Å². The predicted molar refractivity (Wildman–Crippen MR) is 193 cm³/mol. The Kier molecular flexibility index (Phi) is 9.40. The Morgan fingerprint density at radius 3 is 2.63 bits per heavy atom. The topological polar surface area (TPSA) is 169 Å². The van der Waals surface area contributed by atoms with Crippen LogP contribution in [0, 0.1) is 24.2 Å². The average molecular weight is 759 g/mol. The van der Waals surface area contributed by atoms with Crippen LogP contribution in [-0.2, 0) is 46.3 Å². The Balaban J connectivity index is 1.27. The maximum absolute atomic E-state index is 13.8. The highest BCUT2D eigenvalue weighted by molar-refractivity contribution is 8.00. The maximum Gasteiger partial charge on any atom is 0.408 e. The number of phenols is 1. The number of likely N-dealkylation sites (N-methyl/N-ethyl adjacent to an activating group) is 1.